The van der Waals surface area contributed by atoms with Gasteiger partial charge in [0.05, 0.1) is 11.6 Å². The van der Waals surface area contributed by atoms with Crippen LogP contribution in [-0.2, 0) is 0 Å². The zero-order chi connectivity index (χ0) is 15.9. The summed E-state index contributed by atoms with van der Waals surface area (Å²) < 4.78 is 2.80. The molecule has 3 rings (SSSR count). The molecule has 0 saturated heterocycles. The van der Waals surface area contributed by atoms with Crippen molar-refractivity contribution in [3.8, 4) is 0 Å². The predicted molar refractivity (Wildman–Crippen MR) is 95.6 cm³/mol. The lowest BCUT2D eigenvalue weighted by Crippen LogP contribution is -2.09. The molecule has 0 amide bonds. The summed E-state index contributed by atoms with van der Waals surface area (Å²) in [6.07, 6.45) is 1.77. The zero-order valence-corrected chi connectivity index (χ0v) is 14.8. The number of aromatic nitrogens is 3. The molecule has 3 nitrogen and oxygen atoms in total. The van der Waals surface area contributed by atoms with Crippen LogP contribution in [0, 0.1) is 0 Å². The highest BCUT2D eigenvalue weighted by Crippen LogP contribution is 2.31. The summed E-state index contributed by atoms with van der Waals surface area (Å²) in [6, 6.07) is 9.36. The average Bonchev–Trinajstić information content (AvgIpc) is 2.89. The van der Waals surface area contributed by atoms with Gasteiger partial charge in [-0.05, 0) is 36.8 Å². The number of benzene rings is 2. The van der Waals surface area contributed by atoms with Crippen molar-refractivity contribution in [1.82, 2.24) is 15.0 Å². The van der Waals surface area contributed by atoms with Gasteiger partial charge in [-0.1, -0.05) is 63.1 Å². The van der Waals surface area contributed by atoms with Crippen LogP contribution in [0.3, 0.4) is 0 Å². The third-order valence-corrected chi connectivity index (χ3v) is 4.59. The molecule has 1 heterocycles. The van der Waals surface area contributed by atoms with Gasteiger partial charge in [0.1, 0.15) is 5.52 Å². The fourth-order valence-electron chi connectivity index (χ4n) is 2.44. The fraction of sp³-hybridized carbons (Fsp3) is 0.125. The Bertz CT molecular complexity index is 873. The number of nitrogens with zero attached hydrogens (tertiary/aromatic N) is 3. The van der Waals surface area contributed by atoms with Crippen LogP contribution in [0.15, 0.2) is 41.4 Å². The van der Waals surface area contributed by atoms with E-state index < -0.39 is 0 Å². The van der Waals surface area contributed by atoms with Gasteiger partial charge in [0.2, 0.25) is 0 Å². The number of hydrogen-bond donors (Lipinski definition) is 0. The summed E-state index contributed by atoms with van der Waals surface area (Å²) in [5.74, 6) is 0. The quantitative estimate of drug-likeness (QED) is 0.563. The molecule has 0 saturated carbocycles. The number of rotatable bonds is 3. The van der Waals surface area contributed by atoms with Gasteiger partial charge in [-0.2, -0.15) is 0 Å². The molecular formula is C16H12BrCl2N3. The maximum absolute atomic E-state index is 6.31. The summed E-state index contributed by atoms with van der Waals surface area (Å²) >= 11 is 15.8. The molecule has 0 N–H and O–H groups in total. The van der Waals surface area contributed by atoms with E-state index in [1.807, 2.05) is 35.9 Å². The van der Waals surface area contributed by atoms with E-state index in [1.54, 1.807) is 12.1 Å². The lowest BCUT2D eigenvalue weighted by Gasteiger charge is -2.15. The molecule has 0 radical (unpaired) electrons. The highest BCUT2D eigenvalue weighted by molar-refractivity contribution is 9.10. The Morgan fingerprint density at radius 2 is 2.05 bits per heavy atom. The molecule has 1 atom stereocenters. The van der Waals surface area contributed by atoms with Crippen molar-refractivity contribution >= 4 is 56.2 Å². The number of fused-ring (bicyclic) bond motifs is 1. The van der Waals surface area contributed by atoms with E-state index in [1.165, 1.54) is 0 Å². The van der Waals surface area contributed by atoms with Crippen LogP contribution in [0.25, 0.3) is 17.1 Å². The Balaban J connectivity index is 2.17. The van der Waals surface area contributed by atoms with Crippen LogP contribution in [0.2, 0.25) is 10.0 Å². The number of hydrogen-bond acceptors (Lipinski definition) is 2. The van der Waals surface area contributed by atoms with Crippen molar-refractivity contribution in [1.29, 1.82) is 0 Å². The van der Waals surface area contributed by atoms with E-state index >= 15 is 0 Å². The zero-order valence-electron chi connectivity index (χ0n) is 11.7. The minimum Gasteiger partial charge on any atom is -0.237 e. The highest BCUT2D eigenvalue weighted by Gasteiger charge is 2.17. The Morgan fingerprint density at radius 1 is 1.27 bits per heavy atom. The van der Waals surface area contributed by atoms with E-state index in [0.29, 0.717) is 10.0 Å². The Hall–Kier alpha value is -1.36. The van der Waals surface area contributed by atoms with E-state index in [9.17, 15) is 0 Å². The molecule has 0 bridgehead atoms. The summed E-state index contributed by atoms with van der Waals surface area (Å²) in [4.78, 5) is 0. The Kier molecular flexibility index (Phi) is 4.26. The molecule has 1 unspecified atom stereocenters. The first-order valence-corrected chi connectivity index (χ1v) is 8.18. The van der Waals surface area contributed by atoms with E-state index in [0.717, 1.165) is 26.6 Å². The van der Waals surface area contributed by atoms with E-state index in [4.69, 9.17) is 23.2 Å². The van der Waals surface area contributed by atoms with Gasteiger partial charge in [0, 0.05) is 20.1 Å². The largest absolute Gasteiger partial charge is 0.237 e. The van der Waals surface area contributed by atoms with Crippen molar-refractivity contribution in [2.75, 3.05) is 0 Å². The molecule has 0 aliphatic rings. The lowest BCUT2D eigenvalue weighted by molar-refractivity contribution is 0.560. The molecule has 0 fully saturated rings. The van der Waals surface area contributed by atoms with Crippen molar-refractivity contribution in [3.05, 3.63) is 62.6 Å². The summed E-state index contributed by atoms with van der Waals surface area (Å²) in [6.45, 7) is 5.85. The second kappa shape index (κ2) is 6.03. The SMILES string of the molecule is C=Cc1cc(Br)cc2c1nnn2C(C)c1ccc(Cl)cc1Cl. The lowest BCUT2D eigenvalue weighted by atomic mass is 10.1. The molecule has 1 aromatic heterocycles. The Morgan fingerprint density at radius 3 is 2.73 bits per heavy atom. The third kappa shape index (κ3) is 2.67. The second-order valence-electron chi connectivity index (χ2n) is 4.94. The molecule has 0 aliphatic heterocycles. The molecule has 3 aromatic rings. The molecule has 2 aromatic carbocycles. The topological polar surface area (TPSA) is 30.7 Å². The molecule has 112 valence electrons. The van der Waals surface area contributed by atoms with Crippen LogP contribution < -0.4 is 0 Å². The van der Waals surface area contributed by atoms with Crippen LogP contribution in [0.1, 0.15) is 24.1 Å². The van der Waals surface area contributed by atoms with Crippen molar-refractivity contribution in [2.24, 2.45) is 0 Å². The van der Waals surface area contributed by atoms with Crippen molar-refractivity contribution in [2.45, 2.75) is 13.0 Å². The van der Waals surface area contributed by atoms with E-state index in [-0.39, 0.29) is 6.04 Å². The standard InChI is InChI=1S/C16H12BrCl2N3/c1-3-10-6-11(17)7-15-16(10)20-21-22(15)9(2)13-5-4-12(18)8-14(13)19/h3-9H,1H2,2H3. The van der Waals surface area contributed by atoms with Crippen LogP contribution in [0.5, 0.6) is 0 Å². The summed E-state index contributed by atoms with van der Waals surface area (Å²) in [7, 11) is 0. The van der Waals surface area contributed by atoms with Crippen molar-refractivity contribution < 1.29 is 0 Å². The summed E-state index contributed by atoms with van der Waals surface area (Å²) in [5.41, 5.74) is 3.61. The maximum Gasteiger partial charge on any atom is 0.120 e. The van der Waals surface area contributed by atoms with Gasteiger partial charge in [0.15, 0.2) is 0 Å². The predicted octanol–water partition coefficient (Wildman–Crippen LogP) is 5.75. The number of halogens is 3. The van der Waals surface area contributed by atoms with Crippen LogP contribution in [0.4, 0.5) is 0 Å². The molecule has 0 aliphatic carbocycles. The average molecular weight is 397 g/mol. The smallest absolute Gasteiger partial charge is 0.120 e. The van der Waals surface area contributed by atoms with Crippen molar-refractivity contribution in [3.63, 3.8) is 0 Å². The maximum atomic E-state index is 6.31. The first-order valence-electron chi connectivity index (χ1n) is 6.63. The third-order valence-electron chi connectivity index (χ3n) is 3.57. The highest BCUT2D eigenvalue weighted by atomic mass is 79.9. The second-order valence-corrected chi connectivity index (χ2v) is 6.70. The van der Waals surface area contributed by atoms with Gasteiger partial charge in [0.25, 0.3) is 0 Å². The normalized spacial score (nSPS) is 12.5. The fourth-order valence-corrected chi connectivity index (χ4v) is 3.47. The van der Waals surface area contributed by atoms with Crippen LogP contribution in [-0.4, -0.2) is 15.0 Å². The van der Waals surface area contributed by atoms with Crippen LogP contribution >= 0.6 is 39.1 Å². The molecule has 22 heavy (non-hydrogen) atoms. The monoisotopic (exact) mass is 395 g/mol. The van der Waals surface area contributed by atoms with Gasteiger partial charge in [-0.15, -0.1) is 5.10 Å². The molecule has 6 heteroatoms. The van der Waals surface area contributed by atoms with Gasteiger partial charge in [-0.25, -0.2) is 4.68 Å². The van der Waals surface area contributed by atoms with Gasteiger partial charge in [-0.3, -0.25) is 0 Å². The first-order chi connectivity index (χ1) is 10.5. The first kappa shape index (κ1) is 15.5. The van der Waals surface area contributed by atoms with Gasteiger partial charge < -0.3 is 0 Å². The minimum absolute atomic E-state index is 0.0678. The Labute approximate surface area is 146 Å². The van der Waals surface area contributed by atoms with Gasteiger partial charge >= 0.3 is 0 Å². The summed E-state index contributed by atoms with van der Waals surface area (Å²) in [5, 5.41) is 9.79. The van der Waals surface area contributed by atoms with E-state index in [2.05, 4.69) is 32.8 Å². The molecule has 0 spiro atoms. The molecular weight excluding hydrogens is 385 g/mol. The minimum atomic E-state index is -0.0678.